The molecular weight excluding hydrogens is 422 g/mol. The maximum Gasteiger partial charge on any atom is 0.251 e. The molecule has 1 amide bonds. The number of anilines is 1. The number of amides is 1. The van der Waals surface area contributed by atoms with Gasteiger partial charge in [0.25, 0.3) is 5.91 Å². The highest BCUT2D eigenvalue weighted by atomic mass is 32.1. The molecule has 3 heterocycles. The first-order valence-electron chi connectivity index (χ1n) is 10.5. The maximum atomic E-state index is 12.2. The number of nitrogens with zero attached hydrogens (tertiary/aromatic N) is 3. The molecule has 164 valence electrons. The Labute approximate surface area is 190 Å². The number of carbonyl (C=O) groups is 1. The van der Waals surface area contributed by atoms with Crippen LogP contribution in [0.3, 0.4) is 0 Å². The molecule has 8 heteroatoms. The predicted octanol–water partition coefficient (Wildman–Crippen LogP) is 4.21. The van der Waals surface area contributed by atoms with Crippen LogP contribution in [0.2, 0.25) is 0 Å². The first-order chi connectivity index (χ1) is 15.6. The molecule has 32 heavy (non-hydrogen) atoms. The van der Waals surface area contributed by atoms with Gasteiger partial charge in [0.1, 0.15) is 12.1 Å². The van der Waals surface area contributed by atoms with Crippen LogP contribution >= 0.6 is 11.3 Å². The first kappa shape index (κ1) is 21.9. The van der Waals surface area contributed by atoms with Crippen LogP contribution in [0.5, 0.6) is 0 Å². The standard InChI is InChI=1S/C24H25N5O2S/c1-15(17-4-3-5-18-19(24(31)25-2)9-11-27-23(17)18)8-10-26-22-12-20(28-14-29-22)21-7-6-16(13-30)32-21/h3-7,9,11-12,14-15,30H,8,10,13H2,1-2H3,(H,25,31)(H,26,28,29). The van der Waals surface area contributed by atoms with Crippen molar-refractivity contribution < 1.29 is 9.90 Å². The molecule has 1 unspecified atom stereocenters. The molecule has 0 bridgehead atoms. The summed E-state index contributed by atoms with van der Waals surface area (Å²) in [5.74, 6) is 0.892. The molecule has 0 aliphatic rings. The topological polar surface area (TPSA) is 100 Å². The van der Waals surface area contributed by atoms with E-state index in [9.17, 15) is 9.90 Å². The van der Waals surface area contributed by atoms with E-state index in [0.717, 1.165) is 50.7 Å². The number of rotatable bonds is 8. The molecule has 0 spiro atoms. The van der Waals surface area contributed by atoms with Crippen LogP contribution in [0, 0.1) is 0 Å². The third-order valence-corrected chi connectivity index (χ3v) is 6.52. The summed E-state index contributed by atoms with van der Waals surface area (Å²) in [5.41, 5.74) is 3.45. The highest BCUT2D eigenvalue weighted by Crippen LogP contribution is 2.29. The second-order valence-corrected chi connectivity index (χ2v) is 8.68. The minimum atomic E-state index is -0.111. The van der Waals surface area contributed by atoms with Gasteiger partial charge >= 0.3 is 0 Å². The third kappa shape index (κ3) is 4.61. The largest absolute Gasteiger partial charge is 0.391 e. The van der Waals surface area contributed by atoms with Crippen molar-refractivity contribution in [1.29, 1.82) is 0 Å². The Bertz CT molecular complexity index is 1240. The number of aliphatic hydroxyl groups is 1. The quantitative estimate of drug-likeness (QED) is 0.374. The van der Waals surface area contributed by atoms with Gasteiger partial charge in [0.2, 0.25) is 0 Å². The van der Waals surface area contributed by atoms with Gasteiger partial charge in [-0.1, -0.05) is 25.1 Å². The lowest BCUT2D eigenvalue weighted by atomic mass is 9.94. The van der Waals surface area contributed by atoms with Gasteiger partial charge in [-0.3, -0.25) is 9.78 Å². The molecule has 0 aliphatic carbocycles. The third-order valence-electron chi connectivity index (χ3n) is 5.43. The molecule has 3 N–H and O–H groups in total. The lowest BCUT2D eigenvalue weighted by molar-refractivity contribution is 0.0964. The second kappa shape index (κ2) is 9.84. The average molecular weight is 448 g/mol. The second-order valence-electron chi connectivity index (χ2n) is 7.51. The minimum absolute atomic E-state index is 0.0341. The molecular formula is C24H25N5O2S. The molecule has 4 rings (SSSR count). The van der Waals surface area contributed by atoms with Crippen molar-refractivity contribution in [3.8, 4) is 10.6 Å². The maximum absolute atomic E-state index is 12.2. The van der Waals surface area contributed by atoms with E-state index in [0.29, 0.717) is 5.56 Å². The van der Waals surface area contributed by atoms with Crippen molar-refractivity contribution in [2.24, 2.45) is 0 Å². The summed E-state index contributed by atoms with van der Waals surface area (Å²) in [6.45, 7) is 2.93. The molecule has 0 fully saturated rings. The fourth-order valence-corrected chi connectivity index (χ4v) is 4.53. The summed E-state index contributed by atoms with van der Waals surface area (Å²) in [6, 6.07) is 13.5. The fraction of sp³-hybridized carbons (Fsp3) is 0.250. The SMILES string of the molecule is CNC(=O)c1ccnc2c(C(C)CCNc3cc(-c4ccc(CO)s4)ncn3)cccc12. The smallest absolute Gasteiger partial charge is 0.251 e. The summed E-state index contributed by atoms with van der Waals surface area (Å²) in [4.78, 5) is 27.4. The summed E-state index contributed by atoms with van der Waals surface area (Å²) in [5, 5.41) is 16.2. The van der Waals surface area contributed by atoms with E-state index in [1.807, 2.05) is 30.3 Å². The van der Waals surface area contributed by atoms with Gasteiger partial charge in [-0.15, -0.1) is 11.3 Å². The number of hydrogen-bond donors (Lipinski definition) is 3. The van der Waals surface area contributed by atoms with Gasteiger partial charge < -0.3 is 15.7 Å². The van der Waals surface area contributed by atoms with E-state index in [-0.39, 0.29) is 18.4 Å². The van der Waals surface area contributed by atoms with E-state index < -0.39 is 0 Å². The number of pyridine rings is 1. The van der Waals surface area contributed by atoms with Gasteiger partial charge in [-0.05, 0) is 36.1 Å². The molecule has 3 aromatic heterocycles. The minimum Gasteiger partial charge on any atom is -0.391 e. The number of aromatic nitrogens is 3. The van der Waals surface area contributed by atoms with Crippen molar-refractivity contribution in [2.45, 2.75) is 25.9 Å². The summed E-state index contributed by atoms with van der Waals surface area (Å²) in [6.07, 6.45) is 4.11. The number of benzene rings is 1. The van der Waals surface area contributed by atoms with Gasteiger partial charge in [0, 0.05) is 36.1 Å². The van der Waals surface area contributed by atoms with Crippen LogP contribution in [0.15, 0.2) is 55.0 Å². The predicted molar refractivity (Wildman–Crippen MR) is 128 cm³/mol. The van der Waals surface area contributed by atoms with Gasteiger partial charge in [0.15, 0.2) is 0 Å². The lowest BCUT2D eigenvalue weighted by Crippen LogP contribution is -2.18. The number of nitrogens with one attached hydrogen (secondary N) is 2. The number of hydrogen-bond acceptors (Lipinski definition) is 7. The van der Waals surface area contributed by atoms with Crippen molar-refractivity contribution in [2.75, 3.05) is 18.9 Å². The van der Waals surface area contributed by atoms with Gasteiger partial charge in [0.05, 0.1) is 28.3 Å². The van der Waals surface area contributed by atoms with Crippen LogP contribution < -0.4 is 10.6 Å². The molecule has 1 atom stereocenters. The summed E-state index contributed by atoms with van der Waals surface area (Å²) >= 11 is 1.52. The normalized spacial score (nSPS) is 12.0. The summed E-state index contributed by atoms with van der Waals surface area (Å²) < 4.78 is 0. The molecule has 0 saturated heterocycles. The van der Waals surface area contributed by atoms with Crippen molar-refractivity contribution in [1.82, 2.24) is 20.3 Å². The van der Waals surface area contributed by atoms with Crippen LogP contribution in [0.1, 0.15) is 40.1 Å². The van der Waals surface area contributed by atoms with E-state index >= 15 is 0 Å². The Morgan fingerprint density at radius 1 is 1.16 bits per heavy atom. The number of aliphatic hydroxyl groups excluding tert-OH is 1. The van der Waals surface area contributed by atoms with Gasteiger partial charge in [-0.2, -0.15) is 0 Å². The van der Waals surface area contributed by atoms with Crippen LogP contribution in [-0.4, -0.2) is 39.6 Å². The first-order valence-corrected chi connectivity index (χ1v) is 11.3. The van der Waals surface area contributed by atoms with Crippen LogP contribution in [0.25, 0.3) is 21.5 Å². The Balaban J connectivity index is 1.46. The molecule has 7 nitrogen and oxygen atoms in total. The van der Waals surface area contributed by atoms with Gasteiger partial charge in [-0.25, -0.2) is 9.97 Å². The lowest BCUT2D eigenvalue weighted by Gasteiger charge is -2.16. The summed E-state index contributed by atoms with van der Waals surface area (Å²) in [7, 11) is 1.63. The van der Waals surface area contributed by atoms with E-state index in [2.05, 4.69) is 38.6 Å². The number of carbonyl (C=O) groups excluding carboxylic acids is 1. The zero-order chi connectivity index (χ0) is 22.5. The molecule has 0 radical (unpaired) electrons. The Kier molecular flexibility index (Phi) is 6.72. The number of thiophene rings is 1. The molecule has 4 aromatic rings. The average Bonchev–Trinajstić information content (AvgIpc) is 3.32. The van der Waals surface area contributed by atoms with E-state index in [1.54, 1.807) is 25.6 Å². The fourth-order valence-electron chi connectivity index (χ4n) is 3.69. The highest BCUT2D eigenvalue weighted by molar-refractivity contribution is 7.15. The Hall–Kier alpha value is -3.36. The van der Waals surface area contributed by atoms with E-state index in [1.165, 1.54) is 11.3 Å². The Morgan fingerprint density at radius 2 is 2.03 bits per heavy atom. The monoisotopic (exact) mass is 447 g/mol. The zero-order valence-electron chi connectivity index (χ0n) is 18.0. The van der Waals surface area contributed by atoms with Crippen molar-refractivity contribution >= 4 is 34.0 Å². The van der Waals surface area contributed by atoms with Crippen LogP contribution in [0.4, 0.5) is 5.82 Å². The van der Waals surface area contributed by atoms with Crippen LogP contribution in [-0.2, 0) is 6.61 Å². The number of para-hydroxylation sites is 1. The zero-order valence-corrected chi connectivity index (χ0v) is 18.8. The highest BCUT2D eigenvalue weighted by Gasteiger charge is 2.15. The van der Waals surface area contributed by atoms with Crippen molar-refractivity contribution in [3.63, 3.8) is 0 Å². The molecule has 1 aromatic carbocycles. The molecule has 0 saturated carbocycles. The number of fused-ring (bicyclic) bond motifs is 1. The molecule has 0 aliphatic heterocycles. The van der Waals surface area contributed by atoms with Crippen molar-refractivity contribution in [3.05, 3.63) is 71.0 Å². The Morgan fingerprint density at radius 3 is 2.81 bits per heavy atom. The van der Waals surface area contributed by atoms with E-state index in [4.69, 9.17) is 0 Å².